The number of amides is 3. The van der Waals surface area contributed by atoms with Crippen molar-refractivity contribution >= 4 is 46.5 Å². The molecule has 0 radical (unpaired) electrons. The minimum absolute atomic E-state index is 0.0115. The number of rotatable bonds is 6. The molecule has 0 spiro atoms. The zero-order chi connectivity index (χ0) is 20.0. The molecule has 0 saturated heterocycles. The standard InChI is InChI=1S/C20H23Cl2N3O2/c1-4-19(26)23-15-6-8-16(9-7-15)24-20(27)25(13(2)3)12-14-5-10-17(21)18(22)11-14/h5-11,13H,4,12H2,1-3H3,(H,23,26)(H,24,27). The fourth-order valence-electron chi connectivity index (χ4n) is 2.41. The van der Waals surface area contributed by atoms with E-state index in [1.807, 2.05) is 19.9 Å². The largest absolute Gasteiger partial charge is 0.326 e. The van der Waals surface area contributed by atoms with Crippen LogP contribution in [0.15, 0.2) is 42.5 Å². The van der Waals surface area contributed by atoms with Gasteiger partial charge in [-0.05, 0) is 55.8 Å². The van der Waals surface area contributed by atoms with Crippen LogP contribution in [0.25, 0.3) is 0 Å². The highest BCUT2D eigenvalue weighted by molar-refractivity contribution is 6.42. The van der Waals surface area contributed by atoms with Crippen molar-refractivity contribution < 1.29 is 9.59 Å². The molecule has 7 heteroatoms. The molecule has 0 aliphatic rings. The van der Waals surface area contributed by atoms with Crippen LogP contribution in [0.1, 0.15) is 32.8 Å². The molecule has 5 nitrogen and oxygen atoms in total. The van der Waals surface area contributed by atoms with E-state index in [2.05, 4.69) is 10.6 Å². The van der Waals surface area contributed by atoms with E-state index in [1.54, 1.807) is 48.2 Å². The second-order valence-corrected chi connectivity index (χ2v) is 7.19. The number of nitrogens with zero attached hydrogens (tertiary/aromatic N) is 1. The molecular formula is C20H23Cl2N3O2. The third-order valence-corrected chi connectivity index (χ3v) is 4.70. The highest BCUT2D eigenvalue weighted by Gasteiger charge is 2.18. The second kappa shape index (κ2) is 9.62. The Kier molecular flexibility index (Phi) is 7.51. The van der Waals surface area contributed by atoms with E-state index in [9.17, 15) is 9.59 Å². The van der Waals surface area contributed by atoms with E-state index >= 15 is 0 Å². The Labute approximate surface area is 169 Å². The van der Waals surface area contributed by atoms with Gasteiger partial charge in [-0.3, -0.25) is 4.79 Å². The maximum absolute atomic E-state index is 12.7. The number of anilines is 2. The number of halogens is 2. The zero-order valence-electron chi connectivity index (χ0n) is 15.6. The summed E-state index contributed by atoms with van der Waals surface area (Å²) >= 11 is 12.0. The van der Waals surface area contributed by atoms with E-state index in [0.29, 0.717) is 34.4 Å². The lowest BCUT2D eigenvalue weighted by Gasteiger charge is -2.27. The van der Waals surface area contributed by atoms with E-state index < -0.39 is 0 Å². The summed E-state index contributed by atoms with van der Waals surface area (Å²) in [5.41, 5.74) is 2.23. The summed E-state index contributed by atoms with van der Waals surface area (Å²) in [5.74, 6) is -0.0561. The molecular weight excluding hydrogens is 385 g/mol. The van der Waals surface area contributed by atoms with Crippen LogP contribution in [0.3, 0.4) is 0 Å². The van der Waals surface area contributed by atoms with Gasteiger partial charge in [-0.2, -0.15) is 0 Å². The number of urea groups is 1. The van der Waals surface area contributed by atoms with Crippen LogP contribution in [-0.4, -0.2) is 22.9 Å². The minimum atomic E-state index is -0.221. The first kappa shape index (κ1) is 21.1. The molecule has 3 amide bonds. The quantitative estimate of drug-likeness (QED) is 0.636. The van der Waals surface area contributed by atoms with Crippen LogP contribution < -0.4 is 10.6 Å². The van der Waals surface area contributed by atoms with Gasteiger partial charge >= 0.3 is 6.03 Å². The first-order valence-corrected chi connectivity index (χ1v) is 9.47. The molecule has 144 valence electrons. The Morgan fingerprint density at radius 1 is 0.963 bits per heavy atom. The van der Waals surface area contributed by atoms with E-state index in [1.165, 1.54) is 0 Å². The number of nitrogens with one attached hydrogen (secondary N) is 2. The molecule has 2 aromatic rings. The molecule has 0 aliphatic heterocycles. The van der Waals surface area contributed by atoms with Crippen molar-refractivity contribution in [2.75, 3.05) is 10.6 Å². The smallest absolute Gasteiger partial charge is 0.322 e. The first-order chi connectivity index (χ1) is 12.8. The molecule has 0 fully saturated rings. The van der Waals surface area contributed by atoms with Gasteiger partial charge in [0.25, 0.3) is 0 Å². The fraction of sp³-hybridized carbons (Fsp3) is 0.300. The fourth-order valence-corrected chi connectivity index (χ4v) is 2.73. The maximum Gasteiger partial charge on any atom is 0.322 e. The topological polar surface area (TPSA) is 61.4 Å². The predicted octanol–water partition coefficient (Wildman–Crippen LogP) is 5.78. The molecule has 2 aromatic carbocycles. The maximum atomic E-state index is 12.7. The number of carbonyl (C=O) groups is 2. The SMILES string of the molecule is CCC(=O)Nc1ccc(NC(=O)N(Cc2ccc(Cl)c(Cl)c2)C(C)C)cc1. The lowest BCUT2D eigenvalue weighted by Crippen LogP contribution is -2.39. The summed E-state index contributed by atoms with van der Waals surface area (Å²) in [7, 11) is 0. The molecule has 0 aromatic heterocycles. The molecule has 0 bridgehead atoms. The highest BCUT2D eigenvalue weighted by Crippen LogP contribution is 2.24. The summed E-state index contributed by atoms with van der Waals surface area (Å²) < 4.78 is 0. The van der Waals surface area contributed by atoms with Gasteiger partial charge in [-0.25, -0.2) is 4.79 Å². The Hall–Kier alpha value is -2.24. The van der Waals surface area contributed by atoms with Gasteiger partial charge in [0.1, 0.15) is 0 Å². The zero-order valence-corrected chi connectivity index (χ0v) is 17.1. The molecule has 2 N–H and O–H groups in total. The van der Waals surface area contributed by atoms with Gasteiger partial charge < -0.3 is 15.5 Å². The highest BCUT2D eigenvalue weighted by atomic mass is 35.5. The van der Waals surface area contributed by atoms with Crippen molar-refractivity contribution in [1.82, 2.24) is 4.90 Å². The molecule has 0 saturated carbocycles. The lowest BCUT2D eigenvalue weighted by atomic mass is 10.2. The van der Waals surface area contributed by atoms with Crippen molar-refractivity contribution in [3.8, 4) is 0 Å². The van der Waals surface area contributed by atoms with Crippen molar-refractivity contribution in [2.24, 2.45) is 0 Å². The van der Waals surface area contributed by atoms with E-state index in [-0.39, 0.29) is 18.0 Å². The summed E-state index contributed by atoms with van der Waals surface area (Å²) in [4.78, 5) is 25.8. The van der Waals surface area contributed by atoms with Gasteiger partial charge in [-0.1, -0.05) is 36.2 Å². The van der Waals surface area contributed by atoms with Gasteiger partial charge in [0.15, 0.2) is 0 Å². The number of hydrogen-bond acceptors (Lipinski definition) is 2. The van der Waals surface area contributed by atoms with Crippen LogP contribution in [0, 0.1) is 0 Å². The van der Waals surface area contributed by atoms with Gasteiger partial charge in [-0.15, -0.1) is 0 Å². The molecule has 0 atom stereocenters. The Morgan fingerprint density at radius 2 is 1.56 bits per heavy atom. The van der Waals surface area contributed by atoms with Gasteiger partial charge in [0.05, 0.1) is 10.0 Å². The van der Waals surface area contributed by atoms with Crippen molar-refractivity contribution in [2.45, 2.75) is 39.8 Å². The van der Waals surface area contributed by atoms with Crippen molar-refractivity contribution in [3.05, 3.63) is 58.1 Å². The summed E-state index contributed by atoms with van der Waals surface area (Å²) in [6.07, 6.45) is 0.413. The number of benzene rings is 2. The normalized spacial score (nSPS) is 10.6. The Balaban J connectivity index is 2.06. The van der Waals surface area contributed by atoms with E-state index in [4.69, 9.17) is 23.2 Å². The van der Waals surface area contributed by atoms with Gasteiger partial charge in [0, 0.05) is 30.4 Å². The summed E-state index contributed by atoms with van der Waals surface area (Å²) in [6.45, 7) is 6.09. The van der Waals surface area contributed by atoms with Crippen LogP contribution in [0.4, 0.5) is 16.2 Å². The summed E-state index contributed by atoms with van der Waals surface area (Å²) in [6, 6.07) is 12.1. The minimum Gasteiger partial charge on any atom is -0.326 e. The number of carbonyl (C=O) groups excluding carboxylic acids is 2. The molecule has 0 heterocycles. The van der Waals surface area contributed by atoms with Gasteiger partial charge in [0.2, 0.25) is 5.91 Å². The third-order valence-electron chi connectivity index (χ3n) is 3.96. The number of hydrogen-bond donors (Lipinski definition) is 2. The molecule has 0 aliphatic carbocycles. The monoisotopic (exact) mass is 407 g/mol. The third kappa shape index (κ3) is 6.15. The average molecular weight is 408 g/mol. The Morgan fingerprint density at radius 3 is 2.07 bits per heavy atom. The Bertz CT molecular complexity index is 807. The lowest BCUT2D eigenvalue weighted by molar-refractivity contribution is -0.115. The average Bonchev–Trinajstić information content (AvgIpc) is 2.63. The summed E-state index contributed by atoms with van der Waals surface area (Å²) in [5, 5.41) is 6.59. The van der Waals surface area contributed by atoms with Crippen molar-refractivity contribution in [1.29, 1.82) is 0 Å². The first-order valence-electron chi connectivity index (χ1n) is 8.71. The molecule has 27 heavy (non-hydrogen) atoms. The second-order valence-electron chi connectivity index (χ2n) is 6.38. The van der Waals surface area contributed by atoms with E-state index in [0.717, 1.165) is 5.56 Å². The predicted molar refractivity (Wildman–Crippen MR) is 112 cm³/mol. The van der Waals surface area contributed by atoms with Crippen LogP contribution in [0.2, 0.25) is 10.0 Å². The molecule has 2 rings (SSSR count). The van der Waals surface area contributed by atoms with Crippen LogP contribution >= 0.6 is 23.2 Å². The molecule has 0 unspecified atom stereocenters. The van der Waals surface area contributed by atoms with Crippen LogP contribution in [-0.2, 0) is 11.3 Å². The van der Waals surface area contributed by atoms with Crippen molar-refractivity contribution in [3.63, 3.8) is 0 Å². The van der Waals surface area contributed by atoms with Crippen LogP contribution in [0.5, 0.6) is 0 Å².